The molecule has 0 saturated carbocycles. The summed E-state index contributed by atoms with van der Waals surface area (Å²) in [5.74, 6) is -1.22. The number of rotatable bonds is 2. The summed E-state index contributed by atoms with van der Waals surface area (Å²) in [6.07, 6.45) is 0.0474. The molecule has 0 aromatic heterocycles. The quantitative estimate of drug-likeness (QED) is 0.899. The van der Waals surface area contributed by atoms with E-state index < -0.39 is 21.5 Å². The van der Waals surface area contributed by atoms with Gasteiger partial charge in [-0.2, -0.15) is 21.6 Å². The van der Waals surface area contributed by atoms with Crippen molar-refractivity contribution < 1.29 is 31.5 Å². The molecule has 1 N–H and O–H groups in total. The number of hydrogen-bond donors (Lipinski definition) is 1. The molecule has 1 aromatic carbocycles. The van der Waals surface area contributed by atoms with Crippen LogP contribution in [-0.4, -0.2) is 31.5 Å². The largest absolute Gasteiger partial charge is 0.516 e. The maximum atomic E-state index is 12.5. The van der Waals surface area contributed by atoms with Gasteiger partial charge in [-0.05, 0) is 30.2 Å². The maximum Gasteiger partial charge on any atom is 0.516 e. The van der Waals surface area contributed by atoms with Crippen molar-refractivity contribution in [2.45, 2.75) is 11.9 Å². The standard InChI is InChI=1S/C10H8F3NO4S/c11-10(12,13)19(17,18)14-4-3-6-5-7(9(15)16)1-2-8(6)14/h1-2,5H,3-4H2,(H,15,16). The number of sulfonamides is 1. The summed E-state index contributed by atoms with van der Waals surface area (Å²) < 4.78 is 60.3. The third kappa shape index (κ3) is 2.14. The minimum atomic E-state index is -5.44. The minimum Gasteiger partial charge on any atom is -0.478 e. The van der Waals surface area contributed by atoms with Gasteiger partial charge in [0.15, 0.2) is 0 Å². The highest BCUT2D eigenvalue weighted by molar-refractivity contribution is 7.93. The summed E-state index contributed by atoms with van der Waals surface area (Å²) >= 11 is 0. The summed E-state index contributed by atoms with van der Waals surface area (Å²) in [5.41, 5.74) is -5.32. The number of halogens is 3. The van der Waals surface area contributed by atoms with Crippen LogP contribution in [0.4, 0.5) is 18.9 Å². The number of carboxylic acid groups (broad SMARTS) is 1. The number of anilines is 1. The molecule has 1 aliphatic rings. The van der Waals surface area contributed by atoms with E-state index in [0.29, 0.717) is 0 Å². The van der Waals surface area contributed by atoms with E-state index in [1.807, 2.05) is 0 Å². The van der Waals surface area contributed by atoms with Crippen molar-refractivity contribution in [3.63, 3.8) is 0 Å². The van der Waals surface area contributed by atoms with Gasteiger partial charge in [-0.1, -0.05) is 0 Å². The van der Waals surface area contributed by atoms with Crippen LogP contribution in [0.1, 0.15) is 15.9 Å². The molecule has 0 spiro atoms. The van der Waals surface area contributed by atoms with Crippen LogP contribution in [0.3, 0.4) is 0 Å². The molecule has 0 aliphatic carbocycles. The van der Waals surface area contributed by atoms with E-state index in [-0.39, 0.29) is 34.1 Å². The monoisotopic (exact) mass is 295 g/mol. The Labute approximate surface area is 106 Å². The van der Waals surface area contributed by atoms with Gasteiger partial charge in [0.05, 0.1) is 11.3 Å². The molecule has 1 aliphatic heterocycles. The van der Waals surface area contributed by atoms with E-state index >= 15 is 0 Å². The number of hydrogen-bond acceptors (Lipinski definition) is 3. The lowest BCUT2D eigenvalue weighted by molar-refractivity contribution is -0.0437. The van der Waals surface area contributed by atoms with Crippen LogP contribution in [0.2, 0.25) is 0 Å². The van der Waals surface area contributed by atoms with Gasteiger partial charge in [0.1, 0.15) is 0 Å². The fourth-order valence-electron chi connectivity index (χ4n) is 1.88. The van der Waals surface area contributed by atoms with Crippen molar-refractivity contribution in [1.29, 1.82) is 0 Å². The predicted molar refractivity (Wildman–Crippen MR) is 59.4 cm³/mol. The van der Waals surface area contributed by atoms with E-state index in [1.165, 1.54) is 6.07 Å². The fraction of sp³-hybridized carbons (Fsp3) is 0.300. The van der Waals surface area contributed by atoms with Crippen LogP contribution < -0.4 is 4.31 Å². The first-order chi connectivity index (χ1) is 8.64. The first kappa shape index (κ1) is 13.7. The Morgan fingerprint density at radius 3 is 2.47 bits per heavy atom. The molecule has 104 valence electrons. The minimum absolute atomic E-state index is 0.0474. The highest BCUT2D eigenvalue weighted by Crippen LogP contribution is 2.36. The smallest absolute Gasteiger partial charge is 0.478 e. The van der Waals surface area contributed by atoms with Crippen molar-refractivity contribution in [3.05, 3.63) is 29.3 Å². The van der Waals surface area contributed by atoms with Crippen LogP contribution >= 0.6 is 0 Å². The molecular formula is C10H8F3NO4S. The molecular weight excluding hydrogens is 287 g/mol. The summed E-state index contributed by atoms with van der Waals surface area (Å²) in [6, 6.07) is 3.34. The molecule has 9 heteroatoms. The number of alkyl halides is 3. The Balaban J connectivity index is 2.47. The molecule has 2 rings (SSSR count). The normalized spacial score (nSPS) is 15.4. The molecule has 1 aromatic rings. The van der Waals surface area contributed by atoms with Crippen LogP contribution in [0.25, 0.3) is 0 Å². The third-order valence-corrected chi connectivity index (χ3v) is 4.31. The van der Waals surface area contributed by atoms with Gasteiger partial charge in [0.2, 0.25) is 0 Å². The second-order valence-corrected chi connectivity index (χ2v) is 5.78. The number of carboxylic acids is 1. The summed E-state index contributed by atoms with van der Waals surface area (Å²) in [4.78, 5) is 10.7. The van der Waals surface area contributed by atoms with Crippen LogP contribution in [0.15, 0.2) is 18.2 Å². The lowest BCUT2D eigenvalue weighted by Crippen LogP contribution is -2.39. The van der Waals surface area contributed by atoms with Gasteiger partial charge in [-0.3, -0.25) is 4.31 Å². The third-order valence-electron chi connectivity index (χ3n) is 2.76. The molecule has 0 saturated heterocycles. The zero-order valence-electron chi connectivity index (χ0n) is 9.31. The maximum absolute atomic E-state index is 12.5. The van der Waals surface area contributed by atoms with Gasteiger partial charge in [0, 0.05) is 6.54 Å². The molecule has 0 unspecified atom stereocenters. The topological polar surface area (TPSA) is 74.7 Å². The Bertz CT molecular complexity index is 639. The number of carbonyl (C=O) groups is 1. The summed E-state index contributed by atoms with van der Waals surface area (Å²) in [7, 11) is -5.44. The van der Waals surface area contributed by atoms with E-state index in [9.17, 15) is 26.4 Å². The SMILES string of the molecule is O=C(O)c1ccc2c(c1)CCN2S(=O)(=O)C(F)(F)F. The van der Waals surface area contributed by atoms with Gasteiger partial charge in [0.25, 0.3) is 0 Å². The van der Waals surface area contributed by atoms with E-state index in [2.05, 4.69) is 0 Å². The second kappa shape index (κ2) is 4.12. The van der Waals surface area contributed by atoms with E-state index in [0.717, 1.165) is 12.1 Å². The van der Waals surface area contributed by atoms with Gasteiger partial charge < -0.3 is 5.11 Å². The average Bonchev–Trinajstić information content (AvgIpc) is 2.70. The lowest BCUT2D eigenvalue weighted by Gasteiger charge is -2.20. The van der Waals surface area contributed by atoms with Gasteiger partial charge in [-0.15, -0.1) is 0 Å². The Morgan fingerprint density at radius 2 is 1.95 bits per heavy atom. The highest BCUT2D eigenvalue weighted by atomic mass is 32.2. The first-order valence-electron chi connectivity index (χ1n) is 5.10. The molecule has 0 bridgehead atoms. The Hall–Kier alpha value is -1.77. The van der Waals surface area contributed by atoms with Crippen molar-refractivity contribution in [2.75, 3.05) is 10.8 Å². The van der Waals surface area contributed by atoms with E-state index in [4.69, 9.17) is 5.11 Å². The fourth-order valence-corrected chi connectivity index (χ4v) is 2.90. The van der Waals surface area contributed by atoms with Crippen LogP contribution in [0, 0.1) is 0 Å². The van der Waals surface area contributed by atoms with Crippen LogP contribution in [0.5, 0.6) is 0 Å². The number of nitrogens with zero attached hydrogens (tertiary/aromatic N) is 1. The average molecular weight is 295 g/mol. The lowest BCUT2D eigenvalue weighted by atomic mass is 10.1. The molecule has 1 heterocycles. The predicted octanol–water partition coefficient (Wildman–Crippen LogP) is 1.60. The zero-order chi connectivity index (χ0) is 14.4. The number of aromatic carboxylic acids is 1. The van der Waals surface area contributed by atoms with E-state index in [1.54, 1.807) is 0 Å². The van der Waals surface area contributed by atoms with Crippen molar-refractivity contribution >= 4 is 21.7 Å². The number of fused-ring (bicyclic) bond motifs is 1. The Morgan fingerprint density at radius 1 is 1.32 bits per heavy atom. The summed E-state index contributed by atoms with van der Waals surface area (Å²) in [6.45, 7) is -0.347. The van der Waals surface area contributed by atoms with Gasteiger partial charge in [-0.25, -0.2) is 4.79 Å². The van der Waals surface area contributed by atoms with Crippen molar-refractivity contribution in [1.82, 2.24) is 0 Å². The molecule has 0 amide bonds. The second-order valence-electron chi connectivity index (χ2n) is 3.92. The molecule has 19 heavy (non-hydrogen) atoms. The molecule has 0 fully saturated rings. The Kier molecular flexibility index (Phi) is 2.96. The van der Waals surface area contributed by atoms with Crippen molar-refractivity contribution in [3.8, 4) is 0 Å². The number of benzene rings is 1. The first-order valence-corrected chi connectivity index (χ1v) is 6.54. The van der Waals surface area contributed by atoms with Gasteiger partial charge >= 0.3 is 21.5 Å². The molecule has 5 nitrogen and oxygen atoms in total. The van der Waals surface area contributed by atoms with Crippen LogP contribution in [-0.2, 0) is 16.4 Å². The highest BCUT2D eigenvalue weighted by Gasteiger charge is 2.51. The summed E-state index contributed by atoms with van der Waals surface area (Å²) in [5, 5.41) is 8.76. The van der Waals surface area contributed by atoms with Crippen molar-refractivity contribution in [2.24, 2.45) is 0 Å². The zero-order valence-corrected chi connectivity index (χ0v) is 10.1. The molecule has 0 atom stereocenters. The molecule has 0 radical (unpaired) electrons.